The van der Waals surface area contributed by atoms with Gasteiger partial charge in [-0.1, -0.05) is 20.8 Å². The van der Waals surface area contributed by atoms with Gasteiger partial charge in [-0.25, -0.2) is 8.42 Å². The number of nitrogen functional groups attached to an aromatic ring is 1. The summed E-state index contributed by atoms with van der Waals surface area (Å²) >= 11 is 6.90. The molecular formula is C16H18Br2N2O2S. The second kappa shape index (κ2) is 6.45. The fraction of sp³-hybridized carbons (Fsp3) is 0.250. The van der Waals surface area contributed by atoms with E-state index in [-0.39, 0.29) is 10.3 Å². The minimum absolute atomic E-state index is 0.0423. The van der Waals surface area contributed by atoms with Gasteiger partial charge in [0.25, 0.3) is 10.0 Å². The number of hydrogen-bond acceptors (Lipinski definition) is 3. The van der Waals surface area contributed by atoms with Crippen LogP contribution in [-0.2, 0) is 15.4 Å². The molecule has 2 rings (SSSR count). The predicted octanol–water partition coefficient (Wildman–Crippen LogP) is 4.89. The normalized spacial score (nSPS) is 12.2. The third-order valence-electron chi connectivity index (χ3n) is 3.33. The Kier molecular flexibility index (Phi) is 5.13. The molecule has 7 heteroatoms. The minimum Gasteiger partial charge on any atom is -0.399 e. The molecule has 0 radical (unpaired) electrons. The van der Waals surface area contributed by atoms with E-state index < -0.39 is 10.0 Å². The van der Waals surface area contributed by atoms with Crippen LogP contribution in [0.15, 0.2) is 50.2 Å². The number of rotatable bonds is 3. The summed E-state index contributed by atoms with van der Waals surface area (Å²) in [5, 5.41) is 0. The van der Waals surface area contributed by atoms with Crippen molar-refractivity contribution in [1.29, 1.82) is 0 Å². The van der Waals surface area contributed by atoms with E-state index in [0.29, 0.717) is 20.3 Å². The third-order valence-corrected chi connectivity index (χ3v) is 5.95. The van der Waals surface area contributed by atoms with Crippen molar-refractivity contribution in [2.75, 3.05) is 10.5 Å². The molecule has 4 nitrogen and oxygen atoms in total. The van der Waals surface area contributed by atoms with E-state index in [1.165, 1.54) is 12.1 Å². The number of nitrogens with two attached hydrogens (primary N) is 1. The van der Waals surface area contributed by atoms with Gasteiger partial charge in [0.15, 0.2) is 0 Å². The maximum Gasteiger partial charge on any atom is 0.261 e. The number of sulfonamides is 1. The monoisotopic (exact) mass is 460 g/mol. The lowest BCUT2D eigenvalue weighted by Gasteiger charge is -2.21. The van der Waals surface area contributed by atoms with E-state index in [0.717, 1.165) is 5.56 Å². The van der Waals surface area contributed by atoms with Gasteiger partial charge in [0.05, 0.1) is 10.6 Å². The largest absolute Gasteiger partial charge is 0.399 e. The lowest BCUT2D eigenvalue weighted by molar-refractivity contribution is 0.589. The highest BCUT2D eigenvalue weighted by molar-refractivity contribution is 9.11. The lowest BCUT2D eigenvalue weighted by Crippen LogP contribution is -2.15. The molecule has 0 amide bonds. The molecule has 0 fully saturated rings. The van der Waals surface area contributed by atoms with Crippen LogP contribution in [0.3, 0.4) is 0 Å². The molecule has 124 valence electrons. The van der Waals surface area contributed by atoms with E-state index in [1.54, 1.807) is 12.1 Å². The molecule has 2 aromatic rings. The van der Waals surface area contributed by atoms with Crippen LogP contribution in [0.5, 0.6) is 0 Å². The van der Waals surface area contributed by atoms with Crippen LogP contribution in [0.25, 0.3) is 0 Å². The van der Waals surface area contributed by atoms with Gasteiger partial charge < -0.3 is 5.73 Å². The third kappa shape index (κ3) is 4.28. The summed E-state index contributed by atoms with van der Waals surface area (Å²) in [5.74, 6) is 0. The second-order valence-corrected chi connectivity index (χ2v) is 9.63. The highest BCUT2D eigenvalue weighted by Gasteiger charge is 2.21. The first kappa shape index (κ1) is 18.3. The van der Waals surface area contributed by atoms with Crippen molar-refractivity contribution in [3.8, 4) is 0 Å². The molecule has 0 heterocycles. The summed E-state index contributed by atoms with van der Waals surface area (Å²) in [6, 6.07) is 9.91. The first-order valence-electron chi connectivity index (χ1n) is 6.88. The maximum absolute atomic E-state index is 12.5. The van der Waals surface area contributed by atoms with Gasteiger partial charge in [0, 0.05) is 14.6 Å². The number of benzene rings is 2. The van der Waals surface area contributed by atoms with Crippen molar-refractivity contribution in [3.05, 3.63) is 50.9 Å². The van der Waals surface area contributed by atoms with Crippen molar-refractivity contribution in [1.82, 2.24) is 0 Å². The Hall–Kier alpha value is -1.05. The average Bonchev–Trinajstić information content (AvgIpc) is 2.42. The van der Waals surface area contributed by atoms with E-state index >= 15 is 0 Å². The Bertz CT molecular complexity index is 803. The van der Waals surface area contributed by atoms with Crippen molar-refractivity contribution < 1.29 is 8.42 Å². The summed E-state index contributed by atoms with van der Waals surface area (Å²) in [4.78, 5) is 0.158. The molecule has 2 aromatic carbocycles. The smallest absolute Gasteiger partial charge is 0.261 e. The number of nitrogens with one attached hydrogen (secondary N) is 1. The molecule has 23 heavy (non-hydrogen) atoms. The van der Waals surface area contributed by atoms with Gasteiger partial charge in [-0.3, -0.25) is 4.72 Å². The zero-order valence-corrected chi connectivity index (χ0v) is 17.0. The first-order valence-corrected chi connectivity index (χ1v) is 9.95. The van der Waals surface area contributed by atoms with Crippen LogP contribution >= 0.6 is 31.9 Å². The fourth-order valence-corrected chi connectivity index (χ4v) is 4.69. The van der Waals surface area contributed by atoms with Gasteiger partial charge in [-0.15, -0.1) is 0 Å². The average molecular weight is 462 g/mol. The van der Waals surface area contributed by atoms with E-state index in [1.807, 2.05) is 12.1 Å². The Balaban J connectivity index is 2.42. The minimum atomic E-state index is -3.69. The van der Waals surface area contributed by atoms with Gasteiger partial charge >= 0.3 is 0 Å². The van der Waals surface area contributed by atoms with Gasteiger partial charge in [0.1, 0.15) is 0 Å². The number of halogens is 2. The molecule has 0 aromatic heterocycles. The topological polar surface area (TPSA) is 72.2 Å². The Morgan fingerprint density at radius 1 is 1.00 bits per heavy atom. The molecule has 0 aliphatic heterocycles. The summed E-state index contributed by atoms with van der Waals surface area (Å²) in [7, 11) is -3.69. The molecule has 0 aliphatic rings. The van der Waals surface area contributed by atoms with Gasteiger partial charge in [0.2, 0.25) is 0 Å². The van der Waals surface area contributed by atoms with Crippen LogP contribution in [0.1, 0.15) is 26.3 Å². The summed E-state index contributed by atoms with van der Waals surface area (Å²) in [5.41, 5.74) is 7.63. The number of anilines is 2. The predicted molar refractivity (Wildman–Crippen MR) is 102 cm³/mol. The summed E-state index contributed by atoms with van der Waals surface area (Å²) in [6.07, 6.45) is 0. The lowest BCUT2D eigenvalue weighted by atomic mass is 9.87. The molecule has 0 saturated heterocycles. The first-order chi connectivity index (χ1) is 10.5. The van der Waals surface area contributed by atoms with Crippen LogP contribution in [0.4, 0.5) is 11.4 Å². The highest BCUT2D eigenvalue weighted by Crippen LogP contribution is 2.37. The summed E-state index contributed by atoms with van der Waals surface area (Å²) in [6.45, 7) is 6.29. The standard InChI is InChI=1S/C16H18Br2N2O2S/c1-16(2,3)10-8-13(17)15(14(18)9-10)20-23(21,22)12-6-4-11(19)5-7-12/h4-9,20H,19H2,1-3H3. The van der Waals surface area contributed by atoms with Crippen LogP contribution in [0.2, 0.25) is 0 Å². The van der Waals surface area contributed by atoms with Crippen LogP contribution in [0, 0.1) is 0 Å². The van der Waals surface area contributed by atoms with Gasteiger partial charge in [-0.05, 0) is 79.2 Å². The Labute approximate surface area is 153 Å². The molecule has 0 unspecified atom stereocenters. The zero-order valence-electron chi connectivity index (χ0n) is 13.0. The van der Waals surface area contributed by atoms with Crippen molar-refractivity contribution in [2.24, 2.45) is 0 Å². The van der Waals surface area contributed by atoms with Gasteiger partial charge in [-0.2, -0.15) is 0 Å². The van der Waals surface area contributed by atoms with Crippen molar-refractivity contribution in [2.45, 2.75) is 31.1 Å². The van der Waals surface area contributed by atoms with E-state index in [2.05, 4.69) is 57.4 Å². The number of hydrogen-bond donors (Lipinski definition) is 2. The molecule has 3 N–H and O–H groups in total. The highest BCUT2D eigenvalue weighted by atomic mass is 79.9. The fourth-order valence-electron chi connectivity index (χ4n) is 1.94. The molecule has 0 bridgehead atoms. The molecule has 0 spiro atoms. The SMILES string of the molecule is CC(C)(C)c1cc(Br)c(NS(=O)(=O)c2ccc(N)cc2)c(Br)c1. The zero-order chi connectivity index (χ0) is 17.4. The van der Waals surface area contributed by atoms with Crippen LogP contribution in [-0.4, -0.2) is 8.42 Å². The van der Waals surface area contributed by atoms with E-state index in [4.69, 9.17) is 5.73 Å². The summed E-state index contributed by atoms with van der Waals surface area (Å²) < 4.78 is 29.0. The molecule has 0 atom stereocenters. The quantitative estimate of drug-likeness (QED) is 0.639. The maximum atomic E-state index is 12.5. The molecular weight excluding hydrogens is 444 g/mol. The molecule has 0 saturated carbocycles. The van der Waals surface area contributed by atoms with Crippen LogP contribution < -0.4 is 10.5 Å². The van der Waals surface area contributed by atoms with E-state index in [9.17, 15) is 8.42 Å². The van der Waals surface area contributed by atoms with Crippen molar-refractivity contribution in [3.63, 3.8) is 0 Å². The molecule has 0 aliphatic carbocycles. The van der Waals surface area contributed by atoms with Crippen molar-refractivity contribution >= 4 is 53.3 Å². The Morgan fingerprint density at radius 2 is 1.48 bits per heavy atom. The Morgan fingerprint density at radius 3 is 1.91 bits per heavy atom. The second-order valence-electron chi connectivity index (χ2n) is 6.24.